The molecule has 1 amide bonds. The van der Waals surface area contributed by atoms with Gasteiger partial charge in [0.05, 0.1) is 6.04 Å². The third-order valence-electron chi connectivity index (χ3n) is 3.97. The van der Waals surface area contributed by atoms with Crippen molar-refractivity contribution < 1.29 is 4.79 Å². The number of thiazole rings is 1. The van der Waals surface area contributed by atoms with Crippen molar-refractivity contribution in [2.75, 3.05) is 26.7 Å². The summed E-state index contributed by atoms with van der Waals surface area (Å²) in [4.78, 5) is 21.4. The fourth-order valence-corrected chi connectivity index (χ4v) is 3.42. The van der Waals surface area contributed by atoms with Gasteiger partial charge in [-0.15, -0.1) is 11.3 Å². The highest BCUT2D eigenvalue weighted by Gasteiger charge is 2.31. The molecule has 2 aromatic rings. The molecular formula is C16H20N4OS. The third kappa shape index (κ3) is 3.04. The maximum Gasteiger partial charge on any atom is 0.273 e. The zero-order chi connectivity index (χ0) is 15.5. The summed E-state index contributed by atoms with van der Waals surface area (Å²) in [5.41, 5.74) is 7.27. The molecule has 22 heavy (non-hydrogen) atoms. The Balaban J connectivity index is 1.87. The Morgan fingerprint density at radius 1 is 1.36 bits per heavy atom. The van der Waals surface area contributed by atoms with E-state index in [-0.39, 0.29) is 11.9 Å². The monoisotopic (exact) mass is 316 g/mol. The predicted molar refractivity (Wildman–Crippen MR) is 87.7 cm³/mol. The maximum atomic E-state index is 12.8. The number of rotatable bonds is 3. The molecule has 5 nitrogen and oxygen atoms in total. The molecule has 0 bridgehead atoms. The van der Waals surface area contributed by atoms with Gasteiger partial charge in [0, 0.05) is 31.6 Å². The highest BCUT2D eigenvalue weighted by molar-refractivity contribution is 7.09. The van der Waals surface area contributed by atoms with Crippen molar-refractivity contribution >= 4 is 17.2 Å². The first-order chi connectivity index (χ1) is 10.7. The molecule has 0 radical (unpaired) electrons. The van der Waals surface area contributed by atoms with Crippen molar-refractivity contribution in [1.82, 2.24) is 14.8 Å². The number of carbonyl (C=O) groups excluding carboxylic acids is 1. The summed E-state index contributed by atoms with van der Waals surface area (Å²) in [6.45, 7) is 2.81. The van der Waals surface area contributed by atoms with Crippen molar-refractivity contribution in [3.63, 3.8) is 0 Å². The Bertz CT molecular complexity index is 643. The summed E-state index contributed by atoms with van der Waals surface area (Å²) in [5, 5.41) is 2.61. The average Bonchev–Trinajstić information content (AvgIpc) is 3.04. The molecule has 3 rings (SSSR count). The number of piperazine rings is 1. The largest absolute Gasteiger partial charge is 0.328 e. The molecule has 1 unspecified atom stereocenters. The lowest BCUT2D eigenvalue weighted by atomic mass is 10.0. The third-order valence-corrected chi connectivity index (χ3v) is 4.85. The normalized spacial score (nSPS) is 19.4. The number of nitrogens with two attached hydrogens (primary N) is 1. The standard InChI is InChI=1S/C16H20N4OS/c1-19-7-8-20(14(10-19)12-5-3-2-4-6-12)16(21)13-11-22-15(9-17)18-13/h2-6,11,14H,7-10,17H2,1H3. The Kier molecular flexibility index (Phi) is 4.52. The topological polar surface area (TPSA) is 62.5 Å². The first-order valence-electron chi connectivity index (χ1n) is 7.38. The molecule has 1 aromatic carbocycles. The summed E-state index contributed by atoms with van der Waals surface area (Å²) >= 11 is 1.45. The Hall–Kier alpha value is -1.76. The van der Waals surface area contributed by atoms with E-state index in [2.05, 4.69) is 29.1 Å². The van der Waals surface area contributed by atoms with E-state index in [0.717, 1.165) is 23.7 Å². The Morgan fingerprint density at radius 2 is 2.14 bits per heavy atom. The molecule has 1 saturated heterocycles. The maximum absolute atomic E-state index is 12.8. The van der Waals surface area contributed by atoms with Crippen LogP contribution in [0.3, 0.4) is 0 Å². The zero-order valence-corrected chi connectivity index (χ0v) is 13.4. The van der Waals surface area contributed by atoms with E-state index in [4.69, 9.17) is 5.73 Å². The van der Waals surface area contributed by atoms with Crippen LogP contribution in [0.2, 0.25) is 0 Å². The molecule has 116 valence electrons. The van der Waals surface area contributed by atoms with Crippen LogP contribution in [0, 0.1) is 0 Å². The Labute approximate surface area is 134 Å². The van der Waals surface area contributed by atoms with Crippen LogP contribution in [0.5, 0.6) is 0 Å². The molecule has 1 aromatic heterocycles. The van der Waals surface area contributed by atoms with Crippen molar-refractivity contribution in [2.45, 2.75) is 12.6 Å². The summed E-state index contributed by atoms with van der Waals surface area (Å²) in [6, 6.07) is 10.3. The first kappa shape index (κ1) is 15.1. The van der Waals surface area contributed by atoms with Gasteiger partial charge < -0.3 is 15.5 Å². The van der Waals surface area contributed by atoms with E-state index < -0.39 is 0 Å². The van der Waals surface area contributed by atoms with Crippen molar-refractivity contribution in [3.05, 3.63) is 52.0 Å². The molecule has 1 fully saturated rings. The molecule has 2 N–H and O–H groups in total. The van der Waals surface area contributed by atoms with Crippen LogP contribution >= 0.6 is 11.3 Å². The molecule has 2 heterocycles. The van der Waals surface area contributed by atoms with E-state index in [9.17, 15) is 4.79 Å². The Morgan fingerprint density at radius 3 is 2.82 bits per heavy atom. The van der Waals surface area contributed by atoms with Gasteiger partial charge in [-0.25, -0.2) is 4.98 Å². The number of likely N-dealkylation sites (N-methyl/N-ethyl adjacent to an activating group) is 1. The van der Waals surface area contributed by atoms with Crippen LogP contribution in [0.25, 0.3) is 0 Å². The van der Waals surface area contributed by atoms with Crippen LogP contribution in [0.15, 0.2) is 35.7 Å². The number of aromatic nitrogens is 1. The molecule has 0 aliphatic carbocycles. The van der Waals surface area contributed by atoms with Crippen molar-refractivity contribution in [1.29, 1.82) is 0 Å². The van der Waals surface area contributed by atoms with Crippen LogP contribution < -0.4 is 5.73 Å². The number of nitrogens with zero attached hydrogens (tertiary/aromatic N) is 3. The number of amides is 1. The van der Waals surface area contributed by atoms with Gasteiger partial charge in [-0.05, 0) is 12.6 Å². The van der Waals surface area contributed by atoms with E-state index in [1.165, 1.54) is 11.3 Å². The SMILES string of the molecule is CN1CCN(C(=O)c2csc(CN)n2)C(c2ccccc2)C1. The molecule has 1 aliphatic heterocycles. The van der Waals surface area contributed by atoms with Crippen molar-refractivity contribution in [3.8, 4) is 0 Å². The summed E-state index contributed by atoms with van der Waals surface area (Å²) in [7, 11) is 2.09. The number of hydrogen-bond donors (Lipinski definition) is 1. The highest BCUT2D eigenvalue weighted by Crippen LogP contribution is 2.26. The number of carbonyl (C=O) groups is 1. The highest BCUT2D eigenvalue weighted by atomic mass is 32.1. The predicted octanol–water partition coefficient (Wildman–Crippen LogP) is 1.73. The fraction of sp³-hybridized carbons (Fsp3) is 0.375. The van der Waals surface area contributed by atoms with Gasteiger partial charge in [-0.2, -0.15) is 0 Å². The van der Waals surface area contributed by atoms with E-state index in [1.807, 2.05) is 28.5 Å². The van der Waals surface area contributed by atoms with Crippen LogP contribution in [-0.4, -0.2) is 47.4 Å². The van der Waals surface area contributed by atoms with E-state index in [1.54, 1.807) is 0 Å². The molecule has 0 saturated carbocycles. The zero-order valence-electron chi connectivity index (χ0n) is 12.6. The number of hydrogen-bond acceptors (Lipinski definition) is 5. The second-order valence-corrected chi connectivity index (χ2v) is 6.46. The van der Waals surface area contributed by atoms with E-state index >= 15 is 0 Å². The van der Waals surface area contributed by atoms with Gasteiger partial charge in [-0.1, -0.05) is 30.3 Å². The van der Waals surface area contributed by atoms with Crippen LogP contribution in [-0.2, 0) is 6.54 Å². The summed E-state index contributed by atoms with van der Waals surface area (Å²) in [6.07, 6.45) is 0. The lowest BCUT2D eigenvalue weighted by Gasteiger charge is -2.40. The fourth-order valence-electron chi connectivity index (χ4n) is 2.77. The van der Waals surface area contributed by atoms with Crippen LogP contribution in [0.4, 0.5) is 0 Å². The second-order valence-electron chi connectivity index (χ2n) is 5.52. The van der Waals surface area contributed by atoms with E-state index in [0.29, 0.717) is 18.8 Å². The lowest BCUT2D eigenvalue weighted by Crippen LogP contribution is -2.49. The van der Waals surface area contributed by atoms with Gasteiger partial charge in [0.15, 0.2) is 0 Å². The average molecular weight is 316 g/mol. The quantitative estimate of drug-likeness (QED) is 0.937. The van der Waals surface area contributed by atoms with Gasteiger partial charge in [-0.3, -0.25) is 4.79 Å². The molecule has 0 spiro atoms. The number of benzene rings is 1. The molecule has 6 heteroatoms. The minimum atomic E-state index is -0.00194. The van der Waals surface area contributed by atoms with Crippen LogP contribution in [0.1, 0.15) is 27.1 Å². The molecule has 1 aliphatic rings. The second kappa shape index (κ2) is 6.56. The van der Waals surface area contributed by atoms with Gasteiger partial charge in [0.25, 0.3) is 5.91 Å². The van der Waals surface area contributed by atoms with Gasteiger partial charge in [0.1, 0.15) is 10.7 Å². The van der Waals surface area contributed by atoms with Gasteiger partial charge in [0.2, 0.25) is 0 Å². The minimum Gasteiger partial charge on any atom is -0.328 e. The minimum absolute atomic E-state index is 0.00194. The first-order valence-corrected chi connectivity index (χ1v) is 8.26. The van der Waals surface area contributed by atoms with Gasteiger partial charge >= 0.3 is 0 Å². The molecular weight excluding hydrogens is 296 g/mol. The molecule has 1 atom stereocenters. The van der Waals surface area contributed by atoms with Crippen molar-refractivity contribution in [2.24, 2.45) is 5.73 Å². The lowest BCUT2D eigenvalue weighted by molar-refractivity contribution is 0.0493. The smallest absolute Gasteiger partial charge is 0.273 e. The summed E-state index contributed by atoms with van der Waals surface area (Å²) < 4.78 is 0. The summed E-state index contributed by atoms with van der Waals surface area (Å²) in [5.74, 6) is -0.00194.